The predicted octanol–water partition coefficient (Wildman–Crippen LogP) is 3.24. The maximum absolute atomic E-state index is 12.5. The Kier molecular flexibility index (Phi) is 5.51. The van der Waals surface area contributed by atoms with Crippen LogP contribution in [-0.2, 0) is 22.6 Å². The van der Waals surface area contributed by atoms with Crippen LogP contribution >= 0.6 is 0 Å². The van der Waals surface area contributed by atoms with E-state index in [1.807, 2.05) is 0 Å². The quantitative estimate of drug-likeness (QED) is 0.862. The van der Waals surface area contributed by atoms with Gasteiger partial charge < -0.3 is 4.74 Å². The minimum Gasteiger partial charge on any atom is -0.495 e. The molecule has 8 heteroatoms. The van der Waals surface area contributed by atoms with Gasteiger partial charge in [0.1, 0.15) is 10.6 Å². The minimum absolute atomic E-state index is 0.0138. The monoisotopic (exact) mass is 359 g/mol. The zero-order valence-electron chi connectivity index (χ0n) is 12.8. The number of hydrogen-bond acceptors (Lipinski definition) is 3. The van der Waals surface area contributed by atoms with Gasteiger partial charge in [-0.1, -0.05) is 24.3 Å². The van der Waals surface area contributed by atoms with Crippen LogP contribution in [0.25, 0.3) is 0 Å². The fourth-order valence-corrected chi connectivity index (χ4v) is 3.31. The summed E-state index contributed by atoms with van der Waals surface area (Å²) in [6.07, 6.45) is -4.11. The summed E-state index contributed by atoms with van der Waals surface area (Å²) in [6, 6.07) is 10.8. The summed E-state index contributed by atoms with van der Waals surface area (Å²) in [4.78, 5) is 0.0138. The van der Waals surface area contributed by atoms with E-state index in [9.17, 15) is 21.6 Å². The molecular weight excluding hydrogens is 343 g/mol. The lowest BCUT2D eigenvalue weighted by Gasteiger charge is -2.11. The van der Waals surface area contributed by atoms with Crippen molar-refractivity contribution in [1.29, 1.82) is 0 Å². The molecule has 0 bridgehead atoms. The van der Waals surface area contributed by atoms with E-state index >= 15 is 0 Å². The number of benzene rings is 2. The Morgan fingerprint density at radius 2 is 1.67 bits per heavy atom. The van der Waals surface area contributed by atoms with Gasteiger partial charge in [-0.2, -0.15) is 13.2 Å². The van der Waals surface area contributed by atoms with Gasteiger partial charge in [0, 0.05) is 6.54 Å². The lowest BCUT2D eigenvalue weighted by Crippen LogP contribution is -2.26. The average Bonchev–Trinajstić information content (AvgIpc) is 2.54. The third-order valence-corrected chi connectivity index (χ3v) is 4.85. The van der Waals surface area contributed by atoms with E-state index < -0.39 is 21.8 Å². The second-order valence-electron chi connectivity index (χ2n) is 4.99. The normalized spacial score (nSPS) is 12.2. The first kappa shape index (κ1) is 18.3. The van der Waals surface area contributed by atoms with Crippen molar-refractivity contribution in [2.24, 2.45) is 0 Å². The summed E-state index contributed by atoms with van der Waals surface area (Å²) in [5.74, 6) is 0.222. The summed E-state index contributed by atoms with van der Waals surface area (Å²) in [6.45, 7) is 0.0613. The number of methoxy groups -OCH3 is 1. The molecule has 0 amide bonds. The smallest absolute Gasteiger partial charge is 0.416 e. The molecule has 0 unspecified atom stereocenters. The molecule has 2 rings (SSSR count). The number of hydrogen-bond donors (Lipinski definition) is 1. The van der Waals surface area contributed by atoms with Crippen LogP contribution in [0.15, 0.2) is 53.4 Å². The molecule has 0 saturated heterocycles. The van der Waals surface area contributed by atoms with E-state index in [0.29, 0.717) is 5.56 Å². The fourth-order valence-electron chi connectivity index (χ4n) is 2.11. The van der Waals surface area contributed by atoms with Crippen molar-refractivity contribution in [2.45, 2.75) is 17.5 Å². The van der Waals surface area contributed by atoms with Crippen molar-refractivity contribution in [1.82, 2.24) is 4.72 Å². The first-order valence-corrected chi connectivity index (χ1v) is 8.51. The van der Waals surface area contributed by atoms with Crippen molar-refractivity contribution in [3.63, 3.8) is 0 Å². The molecule has 0 aliphatic heterocycles. The highest BCUT2D eigenvalue weighted by Gasteiger charge is 2.29. The Hall–Kier alpha value is -2.06. The molecule has 0 spiro atoms. The number of halogens is 3. The van der Waals surface area contributed by atoms with E-state index in [1.54, 1.807) is 12.1 Å². The summed E-state index contributed by atoms with van der Waals surface area (Å²) in [5.41, 5.74) is -0.133. The molecule has 0 heterocycles. The molecular formula is C16H16F3NO3S. The fraction of sp³-hybridized carbons (Fsp3) is 0.250. The summed E-state index contributed by atoms with van der Waals surface area (Å²) < 4.78 is 69.4. The van der Waals surface area contributed by atoms with Crippen LogP contribution in [-0.4, -0.2) is 22.1 Å². The van der Waals surface area contributed by atoms with Crippen molar-refractivity contribution in [2.75, 3.05) is 13.7 Å². The summed E-state index contributed by atoms with van der Waals surface area (Å²) in [5, 5.41) is 0. The molecule has 0 saturated carbocycles. The SMILES string of the molecule is COc1ccccc1S(=O)(=O)NCCc1ccc(C(F)(F)F)cc1. The predicted molar refractivity (Wildman–Crippen MR) is 83.3 cm³/mol. The highest BCUT2D eigenvalue weighted by atomic mass is 32.2. The van der Waals surface area contributed by atoms with Crippen molar-refractivity contribution < 1.29 is 26.3 Å². The molecule has 0 aliphatic carbocycles. The Morgan fingerprint density at radius 1 is 1.04 bits per heavy atom. The van der Waals surface area contributed by atoms with Crippen LogP contribution in [0.4, 0.5) is 13.2 Å². The van der Waals surface area contributed by atoms with E-state index in [-0.39, 0.29) is 23.6 Å². The zero-order valence-corrected chi connectivity index (χ0v) is 13.6. The van der Waals surface area contributed by atoms with Crippen LogP contribution in [0, 0.1) is 0 Å². The molecule has 0 fully saturated rings. The van der Waals surface area contributed by atoms with E-state index in [1.165, 1.54) is 31.4 Å². The van der Waals surface area contributed by atoms with E-state index in [0.717, 1.165) is 12.1 Å². The van der Waals surface area contributed by atoms with E-state index in [2.05, 4.69) is 4.72 Å². The van der Waals surface area contributed by atoms with Crippen LogP contribution < -0.4 is 9.46 Å². The zero-order chi connectivity index (χ0) is 17.8. The standard InChI is InChI=1S/C16H16F3NO3S/c1-23-14-4-2-3-5-15(14)24(21,22)20-11-10-12-6-8-13(9-7-12)16(17,18)19/h2-9,20H,10-11H2,1H3. The molecule has 24 heavy (non-hydrogen) atoms. The molecule has 0 radical (unpaired) electrons. The first-order chi connectivity index (χ1) is 11.2. The molecule has 2 aromatic carbocycles. The van der Waals surface area contributed by atoms with E-state index in [4.69, 9.17) is 4.74 Å². The highest BCUT2D eigenvalue weighted by molar-refractivity contribution is 7.89. The maximum atomic E-state index is 12.5. The van der Waals surface area contributed by atoms with Gasteiger partial charge >= 0.3 is 6.18 Å². The van der Waals surface area contributed by atoms with Gasteiger partial charge in [-0.05, 0) is 36.2 Å². The van der Waals surface area contributed by atoms with Gasteiger partial charge in [-0.25, -0.2) is 13.1 Å². The second kappa shape index (κ2) is 7.23. The van der Waals surface area contributed by atoms with Gasteiger partial charge in [0.15, 0.2) is 0 Å². The Bertz CT molecular complexity index is 787. The molecule has 4 nitrogen and oxygen atoms in total. The summed E-state index contributed by atoms with van der Waals surface area (Å²) >= 11 is 0. The maximum Gasteiger partial charge on any atom is 0.416 e. The molecule has 0 aromatic heterocycles. The van der Waals surface area contributed by atoms with Gasteiger partial charge in [0.2, 0.25) is 10.0 Å². The third kappa shape index (κ3) is 4.48. The average molecular weight is 359 g/mol. The Labute approximate surface area is 138 Å². The van der Waals surface area contributed by atoms with Crippen LogP contribution in [0.1, 0.15) is 11.1 Å². The number of alkyl halides is 3. The molecule has 0 aliphatic rings. The van der Waals surface area contributed by atoms with Crippen molar-refractivity contribution in [3.8, 4) is 5.75 Å². The van der Waals surface area contributed by atoms with Gasteiger partial charge in [0.25, 0.3) is 0 Å². The number of nitrogens with one attached hydrogen (secondary N) is 1. The number of ether oxygens (including phenoxy) is 1. The molecule has 1 N–H and O–H groups in total. The van der Waals surface area contributed by atoms with Gasteiger partial charge in [-0.3, -0.25) is 0 Å². The molecule has 2 aromatic rings. The molecule has 130 valence electrons. The number of rotatable bonds is 6. The van der Waals surface area contributed by atoms with Crippen LogP contribution in [0.5, 0.6) is 5.75 Å². The second-order valence-corrected chi connectivity index (χ2v) is 6.73. The topological polar surface area (TPSA) is 55.4 Å². The van der Waals surface area contributed by atoms with Crippen LogP contribution in [0.2, 0.25) is 0 Å². The van der Waals surface area contributed by atoms with Crippen molar-refractivity contribution in [3.05, 3.63) is 59.7 Å². The Morgan fingerprint density at radius 3 is 2.25 bits per heavy atom. The third-order valence-electron chi connectivity index (χ3n) is 3.35. The summed E-state index contributed by atoms with van der Waals surface area (Å²) in [7, 11) is -2.39. The molecule has 0 atom stereocenters. The van der Waals surface area contributed by atoms with Crippen molar-refractivity contribution >= 4 is 10.0 Å². The van der Waals surface area contributed by atoms with Gasteiger partial charge in [0.05, 0.1) is 12.7 Å². The minimum atomic E-state index is -4.38. The Balaban J connectivity index is 2.01. The van der Waals surface area contributed by atoms with Gasteiger partial charge in [-0.15, -0.1) is 0 Å². The lowest BCUT2D eigenvalue weighted by molar-refractivity contribution is -0.137. The number of sulfonamides is 1. The van der Waals surface area contributed by atoms with Crippen LogP contribution in [0.3, 0.4) is 0 Å². The first-order valence-electron chi connectivity index (χ1n) is 7.03. The number of para-hydroxylation sites is 1. The largest absolute Gasteiger partial charge is 0.495 e. The lowest BCUT2D eigenvalue weighted by atomic mass is 10.1. The highest BCUT2D eigenvalue weighted by Crippen LogP contribution is 2.29.